The highest BCUT2D eigenvalue weighted by Crippen LogP contribution is 2.27. The smallest absolute Gasteiger partial charge is 0.248 e. The number of carbonyl (C=O) groups excluding carboxylic acids is 1. The van der Waals surface area contributed by atoms with Crippen LogP contribution in [0.5, 0.6) is 0 Å². The molecule has 1 aliphatic rings. The summed E-state index contributed by atoms with van der Waals surface area (Å²) in [4.78, 5) is 17.3. The van der Waals surface area contributed by atoms with Crippen molar-refractivity contribution in [2.75, 3.05) is 0 Å². The Morgan fingerprint density at radius 1 is 1.43 bits per heavy atom. The Kier molecular flexibility index (Phi) is 2.70. The molecule has 0 atom stereocenters. The molecule has 1 fully saturated rings. The highest BCUT2D eigenvalue weighted by Gasteiger charge is 2.16. The van der Waals surface area contributed by atoms with Gasteiger partial charge >= 0.3 is 0 Å². The van der Waals surface area contributed by atoms with Crippen LogP contribution in [-0.4, -0.2) is 20.8 Å². The fourth-order valence-corrected chi connectivity index (χ4v) is 1.88. The van der Waals surface area contributed by atoms with Gasteiger partial charge in [-0.15, -0.1) is 10.1 Å². The average molecular weight is 192 g/mol. The molecule has 0 aliphatic heterocycles. The van der Waals surface area contributed by atoms with Gasteiger partial charge in [-0.05, 0) is 12.8 Å². The van der Waals surface area contributed by atoms with E-state index >= 15 is 0 Å². The first-order valence-electron chi connectivity index (χ1n) is 4.89. The Hall–Kier alpha value is -1.48. The summed E-state index contributed by atoms with van der Waals surface area (Å²) in [5, 5.41) is 4.10. The quantitative estimate of drug-likeness (QED) is 0.529. The minimum atomic E-state index is 0.213. The number of hydrogen-bond donors (Lipinski definition) is 0. The Morgan fingerprint density at radius 3 is 2.93 bits per heavy atom. The van der Waals surface area contributed by atoms with E-state index in [9.17, 15) is 4.79 Å². The van der Waals surface area contributed by atoms with Crippen molar-refractivity contribution in [1.29, 1.82) is 0 Å². The summed E-state index contributed by atoms with van der Waals surface area (Å²) in [6, 6.07) is 0.437. The maximum absolute atomic E-state index is 9.98. The maximum Gasteiger partial charge on any atom is 0.279 e. The molecule has 1 aliphatic carbocycles. The zero-order chi connectivity index (χ0) is 9.80. The third-order valence-corrected chi connectivity index (χ3v) is 2.59. The molecular formula is C9H12N4O. The normalized spacial score (nSPS) is 17.7. The van der Waals surface area contributed by atoms with Gasteiger partial charge in [0.15, 0.2) is 0 Å². The van der Waals surface area contributed by atoms with Crippen molar-refractivity contribution in [2.24, 2.45) is 4.99 Å². The number of aliphatic imine (C=N–C) groups is 1. The lowest BCUT2D eigenvalue weighted by Gasteiger charge is -2.20. The Balaban J connectivity index is 2.10. The predicted octanol–water partition coefficient (Wildman–Crippen LogP) is 1.75. The van der Waals surface area contributed by atoms with E-state index in [0.29, 0.717) is 6.04 Å². The van der Waals surface area contributed by atoms with Crippen molar-refractivity contribution in [3.8, 4) is 0 Å². The Morgan fingerprint density at radius 2 is 2.21 bits per heavy atom. The van der Waals surface area contributed by atoms with Crippen LogP contribution >= 0.6 is 0 Å². The van der Waals surface area contributed by atoms with Crippen LogP contribution in [0.25, 0.3) is 0 Å². The van der Waals surface area contributed by atoms with E-state index in [1.165, 1.54) is 25.3 Å². The first-order valence-corrected chi connectivity index (χ1v) is 4.89. The molecule has 5 nitrogen and oxygen atoms in total. The highest BCUT2D eigenvalue weighted by molar-refractivity contribution is 5.40. The third-order valence-electron chi connectivity index (χ3n) is 2.59. The average Bonchev–Trinajstić information content (AvgIpc) is 2.68. The first-order chi connectivity index (χ1) is 6.90. The van der Waals surface area contributed by atoms with Gasteiger partial charge in [0.1, 0.15) is 6.33 Å². The van der Waals surface area contributed by atoms with Crippen LogP contribution in [0.3, 0.4) is 0 Å². The van der Waals surface area contributed by atoms with Gasteiger partial charge < -0.3 is 0 Å². The van der Waals surface area contributed by atoms with Crippen molar-refractivity contribution in [2.45, 2.75) is 38.1 Å². The van der Waals surface area contributed by atoms with Crippen LogP contribution < -0.4 is 0 Å². The zero-order valence-corrected chi connectivity index (χ0v) is 7.89. The molecule has 1 aromatic rings. The predicted molar refractivity (Wildman–Crippen MR) is 49.9 cm³/mol. The van der Waals surface area contributed by atoms with Crippen molar-refractivity contribution >= 4 is 12.0 Å². The van der Waals surface area contributed by atoms with Gasteiger partial charge in [-0.2, -0.15) is 4.98 Å². The molecule has 14 heavy (non-hydrogen) atoms. The van der Waals surface area contributed by atoms with Gasteiger partial charge in [-0.1, -0.05) is 19.3 Å². The lowest BCUT2D eigenvalue weighted by molar-refractivity contribution is 0.329. The molecule has 1 saturated carbocycles. The third kappa shape index (κ3) is 1.88. The molecule has 0 unspecified atom stereocenters. The molecule has 1 heterocycles. The van der Waals surface area contributed by atoms with Crippen LogP contribution in [0.4, 0.5) is 5.95 Å². The molecule has 74 valence electrons. The molecule has 0 N–H and O–H groups in total. The fraction of sp³-hybridized carbons (Fsp3) is 0.667. The van der Waals surface area contributed by atoms with Gasteiger partial charge in [0.25, 0.3) is 5.95 Å². The van der Waals surface area contributed by atoms with Crippen molar-refractivity contribution in [3.05, 3.63) is 6.33 Å². The summed E-state index contributed by atoms with van der Waals surface area (Å²) in [6.07, 6.45) is 9.18. The second-order valence-corrected chi connectivity index (χ2v) is 3.52. The summed E-state index contributed by atoms with van der Waals surface area (Å²) in [5.74, 6) is 0.213. The first kappa shape index (κ1) is 9.09. The molecule has 5 heteroatoms. The van der Waals surface area contributed by atoms with E-state index in [4.69, 9.17) is 0 Å². The monoisotopic (exact) mass is 192 g/mol. The lowest BCUT2D eigenvalue weighted by Crippen LogP contribution is -2.12. The van der Waals surface area contributed by atoms with Crippen LogP contribution in [0.2, 0.25) is 0 Å². The van der Waals surface area contributed by atoms with E-state index in [1.54, 1.807) is 6.33 Å². The van der Waals surface area contributed by atoms with Gasteiger partial charge in [0, 0.05) is 0 Å². The number of isocyanates is 1. The van der Waals surface area contributed by atoms with Crippen LogP contribution in [-0.2, 0) is 4.79 Å². The van der Waals surface area contributed by atoms with Crippen molar-refractivity contribution in [3.63, 3.8) is 0 Å². The topological polar surface area (TPSA) is 60.1 Å². The van der Waals surface area contributed by atoms with E-state index in [2.05, 4.69) is 15.1 Å². The SMILES string of the molecule is O=C=Nc1ncn(C2CCCCC2)n1. The molecule has 0 radical (unpaired) electrons. The van der Waals surface area contributed by atoms with Crippen LogP contribution in [0.1, 0.15) is 38.1 Å². The molecule has 0 bridgehead atoms. The highest BCUT2D eigenvalue weighted by atomic mass is 16.1. The van der Waals surface area contributed by atoms with Crippen LogP contribution in [0, 0.1) is 0 Å². The number of nitrogens with zero attached hydrogens (tertiary/aromatic N) is 4. The molecular weight excluding hydrogens is 180 g/mol. The Bertz CT molecular complexity index is 347. The molecule has 0 aromatic carbocycles. The van der Waals surface area contributed by atoms with Gasteiger partial charge in [-0.25, -0.2) is 9.48 Å². The van der Waals surface area contributed by atoms with Crippen molar-refractivity contribution in [1.82, 2.24) is 14.8 Å². The second kappa shape index (κ2) is 4.15. The number of hydrogen-bond acceptors (Lipinski definition) is 4. The molecule has 1 aromatic heterocycles. The summed E-state index contributed by atoms with van der Waals surface area (Å²) in [5.41, 5.74) is 0. The fourth-order valence-electron chi connectivity index (χ4n) is 1.88. The molecule has 0 spiro atoms. The minimum Gasteiger partial charge on any atom is -0.248 e. The summed E-state index contributed by atoms with van der Waals surface area (Å²) in [6.45, 7) is 0. The molecule has 0 saturated heterocycles. The number of rotatable bonds is 2. The number of aromatic nitrogens is 3. The maximum atomic E-state index is 9.98. The second-order valence-electron chi connectivity index (χ2n) is 3.52. The van der Waals surface area contributed by atoms with E-state index < -0.39 is 0 Å². The standard InChI is InChI=1S/C9H12N4O/c14-7-11-9-10-6-13(12-9)8-4-2-1-3-5-8/h6,8H,1-5H2. The van der Waals surface area contributed by atoms with E-state index in [0.717, 1.165) is 12.8 Å². The summed E-state index contributed by atoms with van der Waals surface area (Å²) in [7, 11) is 0. The summed E-state index contributed by atoms with van der Waals surface area (Å²) >= 11 is 0. The minimum absolute atomic E-state index is 0.213. The summed E-state index contributed by atoms with van der Waals surface area (Å²) < 4.78 is 1.81. The Labute approximate surface area is 81.9 Å². The van der Waals surface area contributed by atoms with Crippen molar-refractivity contribution < 1.29 is 4.79 Å². The molecule has 2 rings (SSSR count). The molecule has 0 amide bonds. The van der Waals surface area contributed by atoms with E-state index in [-0.39, 0.29) is 5.95 Å². The van der Waals surface area contributed by atoms with Crippen LogP contribution in [0.15, 0.2) is 11.3 Å². The zero-order valence-electron chi connectivity index (χ0n) is 7.89. The largest absolute Gasteiger partial charge is 0.279 e. The van der Waals surface area contributed by atoms with Gasteiger partial charge in [0.05, 0.1) is 6.04 Å². The van der Waals surface area contributed by atoms with E-state index in [1.807, 2.05) is 4.68 Å². The van der Waals surface area contributed by atoms with Gasteiger partial charge in [-0.3, -0.25) is 0 Å². The lowest BCUT2D eigenvalue weighted by atomic mass is 9.96. The van der Waals surface area contributed by atoms with Gasteiger partial charge in [0.2, 0.25) is 6.08 Å².